The zero-order chi connectivity index (χ0) is 18.9. The van der Waals surface area contributed by atoms with Gasteiger partial charge in [-0.2, -0.15) is 0 Å². The van der Waals surface area contributed by atoms with Crippen LogP contribution in [0.4, 0.5) is 5.69 Å². The summed E-state index contributed by atoms with van der Waals surface area (Å²) < 4.78 is 25.7. The maximum absolute atomic E-state index is 13.1. The highest BCUT2D eigenvalue weighted by Gasteiger charge is 2.36. The number of nitrogens with one attached hydrogen (secondary N) is 1. The third-order valence-electron chi connectivity index (χ3n) is 5.58. The molecule has 1 aromatic rings. The molecule has 1 aromatic carbocycles. The number of hydrogen-bond donors (Lipinski definition) is 1. The summed E-state index contributed by atoms with van der Waals surface area (Å²) in [5.41, 5.74) is 0.770. The smallest absolute Gasteiger partial charge is 0.256 e. The number of amides is 1. The van der Waals surface area contributed by atoms with Crippen molar-refractivity contribution in [3.63, 3.8) is 0 Å². The van der Waals surface area contributed by atoms with Crippen molar-refractivity contribution in [2.24, 2.45) is 0 Å². The second-order valence-electron chi connectivity index (χ2n) is 7.69. The average molecular weight is 380 g/mol. The quantitative estimate of drug-likeness (QED) is 0.873. The first-order valence-electron chi connectivity index (χ1n) is 9.40. The Morgan fingerprint density at radius 1 is 1.12 bits per heavy atom. The molecule has 7 heteroatoms. The van der Waals surface area contributed by atoms with Crippen LogP contribution in [-0.2, 0) is 10.0 Å². The Morgan fingerprint density at radius 3 is 2.42 bits per heavy atom. The molecule has 3 atom stereocenters. The Labute approximate surface area is 156 Å². The predicted octanol–water partition coefficient (Wildman–Crippen LogP) is 2.54. The summed E-state index contributed by atoms with van der Waals surface area (Å²) in [6, 6.07) is 8.34. The van der Waals surface area contributed by atoms with Crippen molar-refractivity contribution < 1.29 is 13.2 Å². The fraction of sp³-hybridized carbons (Fsp3) is 0.632. The number of sulfonamides is 1. The molecule has 3 rings (SSSR count). The minimum absolute atomic E-state index is 0.0963. The first-order valence-corrected chi connectivity index (χ1v) is 11.3. The second-order valence-corrected chi connectivity index (χ2v) is 9.44. The van der Waals surface area contributed by atoms with E-state index in [4.69, 9.17) is 0 Å². The third-order valence-corrected chi connectivity index (χ3v) is 6.17. The Bertz CT molecular complexity index is 755. The number of para-hydroxylation sites is 1. The van der Waals surface area contributed by atoms with Crippen LogP contribution < -0.4 is 4.72 Å². The number of benzene rings is 1. The topological polar surface area (TPSA) is 69.7 Å². The lowest BCUT2D eigenvalue weighted by Gasteiger charge is -2.41. The highest BCUT2D eigenvalue weighted by Crippen LogP contribution is 2.30. The molecule has 0 aromatic heterocycles. The van der Waals surface area contributed by atoms with Gasteiger partial charge in [-0.25, -0.2) is 8.42 Å². The van der Waals surface area contributed by atoms with E-state index in [0.717, 1.165) is 25.6 Å². The summed E-state index contributed by atoms with van der Waals surface area (Å²) in [5, 5.41) is 0. The number of nitrogens with zero attached hydrogens (tertiary/aromatic N) is 2. The van der Waals surface area contributed by atoms with Crippen molar-refractivity contribution in [1.29, 1.82) is 0 Å². The summed E-state index contributed by atoms with van der Waals surface area (Å²) in [7, 11) is -3.43. The molecule has 3 unspecified atom stereocenters. The van der Waals surface area contributed by atoms with Crippen molar-refractivity contribution in [2.45, 2.75) is 57.7 Å². The molecule has 0 saturated carbocycles. The van der Waals surface area contributed by atoms with Crippen LogP contribution in [0.3, 0.4) is 0 Å². The number of piperidine rings is 1. The van der Waals surface area contributed by atoms with Gasteiger partial charge in [0.05, 0.1) is 17.5 Å². The van der Waals surface area contributed by atoms with Gasteiger partial charge < -0.3 is 4.90 Å². The van der Waals surface area contributed by atoms with Gasteiger partial charge in [0.2, 0.25) is 10.0 Å². The molecular weight excluding hydrogens is 350 g/mol. The van der Waals surface area contributed by atoms with E-state index in [9.17, 15) is 13.2 Å². The lowest BCUT2D eigenvalue weighted by Crippen LogP contribution is -2.52. The Morgan fingerprint density at radius 2 is 1.77 bits per heavy atom. The van der Waals surface area contributed by atoms with Gasteiger partial charge in [0.1, 0.15) is 0 Å². The molecule has 0 spiro atoms. The van der Waals surface area contributed by atoms with Gasteiger partial charge in [0.15, 0.2) is 0 Å². The number of carbonyl (C=O) groups is 1. The molecule has 2 aliphatic heterocycles. The molecule has 6 nitrogen and oxygen atoms in total. The summed E-state index contributed by atoms with van der Waals surface area (Å²) in [6.45, 7) is 5.98. The van der Waals surface area contributed by atoms with E-state index < -0.39 is 10.0 Å². The molecule has 0 aliphatic carbocycles. The molecular formula is C19H29N3O3S. The van der Waals surface area contributed by atoms with Crippen molar-refractivity contribution in [1.82, 2.24) is 9.80 Å². The van der Waals surface area contributed by atoms with E-state index in [0.29, 0.717) is 35.9 Å². The molecule has 144 valence electrons. The lowest BCUT2D eigenvalue weighted by atomic mass is 10.0. The molecule has 2 aliphatic rings. The Balaban J connectivity index is 1.78. The summed E-state index contributed by atoms with van der Waals surface area (Å²) in [5.74, 6) is -0.0963. The minimum atomic E-state index is -3.43. The SMILES string of the molecule is CC1CCC(C)N1C1CCCN(C(=O)c2ccccc2NS(C)(=O)=O)C1. The fourth-order valence-corrected chi connectivity index (χ4v) is 5.02. The zero-order valence-electron chi connectivity index (χ0n) is 15.8. The van der Waals surface area contributed by atoms with E-state index in [1.807, 2.05) is 4.90 Å². The molecule has 26 heavy (non-hydrogen) atoms. The second kappa shape index (κ2) is 7.56. The highest BCUT2D eigenvalue weighted by molar-refractivity contribution is 7.92. The molecule has 2 fully saturated rings. The van der Waals surface area contributed by atoms with Crippen LogP contribution in [-0.4, -0.2) is 61.6 Å². The van der Waals surface area contributed by atoms with Gasteiger partial charge in [-0.3, -0.25) is 14.4 Å². The monoisotopic (exact) mass is 379 g/mol. The van der Waals surface area contributed by atoms with E-state index in [1.54, 1.807) is 24.3 Å². The van der Waals surface area contributed by atoms with Gasteiger partial charge in [-0.1, -0.05) is 12.1 Å². The molecule has 1 amide bonds. The Hall–Kier alpha value is -1.60. The van der Waals surface area contributed by atoms with Crippen molar-refractivity contribution >= 4 is 21.6 Å². The van der Waals surface area contributed by atoms with Crippen LogP contribution >= 0.6 is 0 Å². The number of hydrogen-bond acceptors (Lipinski definition) is 4. The van der Waals surface area contributed by atoms with Crippen LogP contribution in [0.5, 0.6) is 0 Å². The van der Waals surface area contributed by atoms with Crippen molar-refractivity contribution in [3.8, 4) is 0 Å². The van der Waals surface area contributed by atoms with Crippen LogP contribution in [0, 0.1) is 0 Å². The number of carbonyl (C=O) groups excluding carboxylic acids is 1. The fourth-order valence-electron chi connectivity index (χ4n) is 4.45. The molecule has 2 heterocycles. The van der Waals surface area contributed by atoms with Crippen molar-refractivity contribution in [2.75, 3.05) is 24.1 Å². The predicted molar refractivity (Wildman–Crippen MR) is 104 cm³/mol. The number of anilines is 1. The van der Waals surface area contributed by atoms with E-state index in [-0.39, 0.29) is 5.91 Å². The zero-order valence-corrected chi connectivity index (χ0v) is 16.6. The lowest BCUT2D eigenvalue weighted by molar-refractivity contribution is 0.0488. The molecule has 0 bridgehead atoms. The first-order chi connectivity index (χ1) is 12.3. The summed E-state index contributed by atoms with van der Waals surface area (Å²) in [4.78, 5) is 17.6. The van der Waals surface area contributed by atoms with Gasteiger partial charge in [-0.15, -0.1) is 0 Å². The minimum Gasteiger partial charge on any atom is -0.337 e. The maximum Gasteiger partial charge on any atom is 0.256 e. The van der Waals surface area contributed by atoms with Gasteiger partial charge in [0, 0.05) is 31.2 Å². The maximum atomic E-state index is 13.1. The molecule has 0 radical (unpaired) electrons. The molecule has 2 saturated heterocycles. The third kappa shape index (κ3) is 4.20. The van der Waals surface area contributed by atoms with Gasteiger partial charge >= 0.3 is 0 Å². The van der Waals surface area contributed by atoms with Crippen molar-refractivity contribution in [3.05, 3.63) is 29.8 Å². The number of likely N-dealkylation sites (tertiary alicyclic amines) is 2. The highest BCUT2D eigenvalue weighted by atomic mass is 32.2. The summed E-state index contributed by atoms with van der Waals surface area (Å²) >= 11 is 0. The largest absolute Gasteiger partial charge is 0.337 e. The van der Waals surface area contributed by atoms with Crippen LogP contribution in [0.2, 0.25) is 0 Å². The van der Waals surface area contributed by atoms with Crippen LogP contribution in [0.1, 0.15) is 49.9 Å². The summed E-state index contributed by atoms with van der Waals surface area (Å²) in [6.07, 6.45) is 5.62. The first kappa shape index (κ1) is 19.2. The average Bonchev–Trinajstić information content (AvgIpc) is 2.92. The van der Waals surface area contributed by atoms with Gasteiger partial charge in [-0.05, 0) is 51.7 Å². The van der Waals surface area contributed by atoms with Gasteiger partial charge in [0.25, 0.3) is 5.91 Å². The van der Waals surface area contributed by atoms with Crippen LogP contribution in [0.15, 0.2) is 24.3 Å². The normalized spacial score (nSPS) is 27.5. The number of rotatable bonds is 4. The Kier molecular flexibility index (Phi) is 5.58. The van der Waals surface area contributed by atoms with E-state index in [2.05, 4.69) is 23.5 Å². The standard InChI is InChI=1S/C19H29N3O3S/c1-14-10-11-15(2)22(14)16-7-6-12-21(13-16)19(23)17-8-4-5-9-18(17)20-26(3,24)25/h4-5,8-9,14-16,20H,6-7,10-13H2,1-3H3. The van der Waals surface area contributed by atoms with Crippen LogP contribution in [0.25, 0.3) is 0 Å². The van der Waals surface area contributed by atoms with E-state index >= 15 is 0 Å². The molecule has 1 N–H and O–H groups in total. The van der Waals surface area contributed by atoms with E-state index in [1.165, 1.54) is 12.8 Å².